The molecule has 1 heterocycles. The minimum absolute atomic E-state index is 0.0379. The molecule has 2 atom stereocenters. The van der Waals surface area contributed by atoms with Crippen LogP contribution in [0, 0.1) is 17.3 Å². The zero-order valence-corrected chi connectivity index (χ0v) is 12.8. The van der Waals surface area contributed by atoms with Crippen molar-refractivity contribution in [2.45, 2.75) is 13.8 Å². The largest absolute Gasteiger partial charge is 0.481 e. The number of carbonyl (C=O) groups excluding carboxylic acids is 2. The first-order chi connectivity index (χ1) is 9.78. The lowest BCUT2D eigenvalue weighted by Crippen LogP contribution is -2.51. The Balaban J connectivity index is 1.87. The molecule has 1 saturated carbocycles. The molecule has 0 spiro atoms. The average Bonchev–Trinajstić information content (AvgIpc) is 3.01. The number of amides is 2. The number of hydrogen-bond acceptors (Lipinski definition) is 4. The second-order valence-electron chi connectivity index (χ2n) is 6.39. The zero-order chi connectivity index (χ0) is 15.8. The third kappa shape index (κ3) is 3.02. The fourth-order valence-corrected chi connectivity index (χ4v) is 3.16. The Hall–Kier alpha value is -1.63. The third-order valence-electron chi connectivity index (χ3n) is 4.69. The van der Waals surface area contributed by atoms with Crippen LogP contribution >= 0.6 is 0 Å². The highest BCUT2D eigenvalue weighted by Gasteiger charge is 2.66. The molecule has 7 nitrogen and oxygen atoms in total. The topological polar surface area (TPSA) is 90.0 Å². The summed E-state index contributed by atoms with van der Waals surface area (Å²) in [6.07, 6.45) is 0. The summed E-state index contributed by atoms with van der Waals surface area (Å²) in [5.41, 5.74) is -0.456. The van der Waals surface area contributed by atoms with E-state index in [0.29, 0.717) is 32.7 Å². The Kier molecular flexibility index (Phi) is 4.22. The Morgan fingerprint density at radius 3 is 2.14 bits per heavy atom. The second kappa shape index (κ2) is 5.63. The van der Waals surface area contributed by atoms with Crippen LogP contribution in [0.1, 0.15) is 13.8 Å². The molecule has 2 unspecified atom stereocenters. The number of piperazine rings is 1. The van der Waals surface area contributed by atoms with Crippen molar-refractivity contribution < 1.29 is 19.5 Å². The monoisotopic (exact) mass is 297 g/mol. The molecular weight excluding hydrogens is 274 g/mol. The average molecular weight is 297 g/mol. The van der Waals surface area contributed by atoms with Gasteiger partial charge in [-0.05, 0) is 5.41 Å². The Morgan fingerprint density at radius 2 is 1.71 bits per heavy atom. The second-order valence-corrected chi connectivity index (χ2v) is 6.39. The van der Waals surface area contributed by atoms with Crippen molar-refractivity contribution in [3.63, 3.8) is 0 Å². The number of nitrogens with zero attached hydrogens (tertiary/aromatic N) is 2. The molecule has 0 aromatic carbocycles. The lowest BCUT2D eigenvalue weighted by atomic mass is 10.1. The van der Waals surface area contributed by atoms with Crippen LogP contribution in [0.5, 0.6) is 0 Å². The molecule has 2 amide bonds. The number of hydrogen-bond donors (Lipinski definition) is 2. The van der Waals surface area contributed by atoms with Gasteiger partial charge >= 0.3 is 5.97 Å². The van der Waals surface area contributed by atoms with Crippen molar-refractivity contribution >= 4 is 17.8 Å². The van der Waals surface area contributed by atoms with E-state index in [0.717, 1.165) is 0 Å². The van der Waals surface area contributed by atoms with Gasteiger partial charge in [0.05, 0.1) is 18.4 Å². The van der Waals surface area contributed by atoms with E-state index in [-0.39, 0.29) is 11.8 Å². The van der Waals surface area contributed by atoms with Crippen LogP contribution < -0.4 is 5.32 Å². The standard InChI is InChI=1S/C14H23N3O4/c1-14(2)10(11(14)13(20)21)12(19)17-6-4-16(5-7-17)8-9(18)15-3/h10-11H,4-8H2,1-3H3,(H,15,18)(H,20,21). The fourth-order valence-electron chi connectivity index (χ4n) is 3.16. The first-order valence-electron chi connectivity index (χ1n) is 7.23. The van der Waals surface area contributed by atoms with Crippen molar-refractivity contribution in [2.75, 3.05) is 39.8 Å². The summed E-state index contributed by atoms with van der Waals surface area (Å²) in [7, 11) is 1.60. The van der Waals surface area contributed by atoms with E-state index in [1.807, 2.05) is 18.7 Å². The molecule has 0 aromatic rings. The van der Waals surface area contributed by atoms with E-state index in [9.17, 15) is 14.4 Å². The van der Waals surface area contributed by atoms with Crippen molar-refractivity contribution in [3.05, 3.63) is 0 Å². The Bertz CT molecular complexity index is 455. The summed E-state index contributed by atoms with van der Waals surface area (Å²) in [6.45, 7) is 6.38. The molecule has 1 saturated heterocycles. The van der Waals surface area contributed by atoms with Gasteiger partial charge in [-0.3, -0.25) is 19.3 Å². The molecule has 0 bridgehead atoms. The van der Waals surface area contributed by atoms with Gasteiger partial charge in [-0.1, -0.05) is 13.8 Å². The number of nitrogens with one attached hydrogen (secondary N) is 1. The van der Waals surface area contributed by atoms with Crippen molar-refractivity contribution in [2.24, 2.45) is 17.3 Å². The molecule has 2 fully saturated rings. The van der Waals surface area contributed by atoms with Gasteiger partial charge in [-0.15, -0.1) is 0 Å². The highest BCUT2D eigenvalue weighted by molar-refractivity contribution is 5.91. The number of carboxylic acid groups (broad SMARTS) is 1. The summed E-state index contributed by atoms with van der Waals surface area (Å²) in [5, 5.41) is 11.7. The van der Waals surface area contributed by atoms with Gasteiger partial charge in [0, 0.05) is 33.2 Å². The van der Waals surface area contributed by atoms with Crippen molar-refractivity contribution in [3.8, 4) is 0 Å². The van der Waals surface area contributed by atoms with E-state index in [1.165, 1.54) is 0 Å². The van der Waals surface area contributed by atoms with Gasteiger partial charge in [0.25, 0.3) is 0 Å². The van der Waals surface area contributed by atoms with Crippen LogP contribution in [-0.4, -0.2) is 72.5 Å². The molecule has 21 heavy (non-hydrogen) atoms. The summed E-state index contributed by atoms with van der Waals surface area (Å²) in [5.74, 6) is -1.98. The summed E-state index contributed by atoms with van der Waals surface area (Å²) < 4.78 is 0. The number of likely N-dealkylation sites (N-methyl/N-ethyl adjacent to an activating group) is 1. The van der Waals surface area contributed by atoms with Gasteiger partial charge in [-0.25, -0.2) is 0 Å². The summed E-state index contributed by atoms with van der Waals surface area (Å²) in [6, 6.07) is 0. The van der Waals surface area contributed by atoms with Crippen LogP contribution in [0.3, 0.4) is 0 Å². The van der Waals surface area contributed by atoms with Crippen LogP contribution in [0.15, 0.2) is 0 Å². The molecule has 0 radical (unpaired) electrons. The Labute approximate surface area is 124 Å². The Morgan fingerprint density at radius 1 is 1.14 bits per heavy atom. The molecule has 118 valence electrons. The minimum atomic E-state index is -0.892. The molecular formula is C14H23N3O4. The zero-order valence-electron chi connectivity index (χ0n) is 12.8. The molecule has 0 aromatic heterocycles. The van der Waals surface area contributed by atoms with Crippen molar-refractivity contribution in [1.29, 1.82) is 0 Å². The first-order valence-corrected chi connectivity index (χ1v) is 7.23. The lowest BCUT2D eigenvalue weighted by molar-refractivity contribution is -0.142. The van der Waals surface area contributed by atoms with Gasteiger partial charge in [-0.2, -0.15) is 0 Å². The SMILES string of the molecule is CNC(=O)CN1CCN(C(=O)C2C(C(=O)O)C2(C)C)CC1. The van der Waals surface area contributed by atoms with Gasteiger partial charge in [0.2, 0.25) is 11.8 Å². The smallest absolute Gasteiger partial charge is 0.307 e. The summed E-state index contributed by atoms with van der Waals surface area (Å²) in [4.78, 5) is 38.6. The van der Waals surface area contributed by atoms with E-state index in [1.54, 1.807) is 11.9 Å². The fraction of sp³-hybridized carbons (Fsp3) is 0.786. The van der Waals surface area contributed by atoms with Gasteiger partial charge < -0.3 is 15.3 Å². The minimum Gasteiger partial charge on any atom is -0.481 e. The van der Waals surface area contributed by atoms with Crippen LogP contribution in [-0.2, 0) is 14.4 Å². The molecule has 2 aliphatic rings. The van der Waals surface area contributed by atoms with E-state index < -0.39 is 23.2 Å². The maximum absolute atomic E-state index is 12.4. The molecule has 2 rings (SSSR count). The van der Waals surface area contributed by atoms with Crippen molar-refractivity contribution in [1.82, 2.24) is 15.1 Å². The van der Waals surface area contributed by atoms with E-state index in [2.05, 4.69) is 5.32 Å². The predicted octanol–water partition coefficient (Wildman–Crippen LogP) is -0.767. The first kappa shape index (κ1) is 15.8. The van der Waals surface area contributed by atoms with E-state index >= 15 is 0 Å². The normalized spacial score (nSPS) is 28.0. The quantitative estimate of drug-likeness (QED) is 0.711. The van der Waals surface area contributed by atoms with Crippen LogP contribution in [0.25, 0.3) is 0 Å². The number of aliphatic carboxylic acids is 1. The lowest BCUT2D eigenvalue weighted by Gasteiger charge is -2.34. The molecule has 2 N–H and O–H groups in total. The third-order valence-corrected chi connectivity index (χ3v) is 4.69. The number of carbonyl (C=O) groups is 3. The maximum atomic E-state index is 12.4. The number of rotatable bonds is 4. The highest BCUT2D eigenvalue weighted by atomic mass is 16.4. The molecule has 7 heteroatoms. The van der Waals surface area contributed by atoms with Crippen LogP contribution in [0.4, 0.5) is 0 Å². The highest BCUT2D eigenvalue weighted by Crippen LogP contribution is 2.59. The number of carboxylic acids is 1. The van der Waals surface area contributed by atoms with Gasteiger partial charge in [0.1, 0.15) is 0 Å². The molecule has 1 aliphatic carbocycles. The van der Waals surface area contributed by atoms with Gasteiger partial charge in [0.15, 0.2) is 0 Å². The van der Waals surface area contributed by atoms with E-state index in [4.69, 9.17) is 5.11 Å². The predicted molar refractivity (Wildman–Crippen MR) is 75.5 cm³/mol. The maximum Gasteiger partial charge on any atom is 0.307 e. The summed E-state index contributed by atoms with van der Waals surface area (Å²) >= 11 is 0. The molecule has 1 aliphatic heterocycles. The van der Waals surface area contributed by atoms with Crippen LogP contribution in [0.2, 0.25) is 0 Å².